The van der Waals surface area contributed by atoms with Crippen LogP contribution in [-0.4, -0.2) is 29.9 Å². The van der Waals surface area contributed by atoms with Crippen molar-refractivity contribution in [3.8, 4) is 66.9 Å². The van der Waals surface area contributed by atoms with Crippen LogP contribution in [0.25, 0.3) is 66.9 Å². The first-order valence-electron chi connectivity index (χ1n) is 13.5. The standard InChI is InChI=1S/C36H24N6/c1-4-26(18-37-8-1)32-15-34(23-40-21-32)30-12-29(25-7-11-42-36(17-25)28-6-3-10-39-20-28)13-31(14-30)35-16-33(22-41-24-35)27-5-2-9-38-19-27/h1-24H. The summed E-state index contributed by atoms with van der Waals surface area (Å²) >= 11 is 0. The molecule has 7 aromatic rings. The third-order valence-electron chi connectivity index (χ3n) is 7.12. The highest BCUT2D eigenvalue weighted by molar-refractivity contribution is 5.84. The predicted molar refractivity (Wildman–Crippen MR) is 166 cm³/mol. The SMILES string of the molecule is c1cncc(-c2cncc(-c3cc(-c4cncc(-c5cccnc5)c4)cc(-c4ccnc(-c5cccnc5)c4)c3)c2)c1. The molecule has 0 N–H and O–H groups in total. The summed E-state index contributed by atoms with van der Waals surface area (Å²) in [6.45, 7) is 0. The highest BCUT2D eigenvalue weighted by atomic mass is 14.7. The average Bonchev–Trinajstić information content (AvgIpc) is 3.09. The molecule has 0 aliphatic heterocycles. The zero-order chi connectivity index (χ0) is 28.1. The first-order chi connectivity index (χ1) is 20.8. The molecular formula is C36H24N6. The molecule has 0 aliphatic carbocycles. The lowest BCUT2D eigenvalue weighted by atomic mass is 9.93. The summed E-state index contributed by atoms with van der Waals surface area (Å²) < 4.78 is 0. The van der Waals surface area contributed by atoms with Crippen LogP contribution in [0, 0.1) is 0 Å². The Hall–Kier alpha value is -5.88. The van der Waals surface area contributed by atoms with Crippen LogP contribution in [0.15, 0.2) is 147 Å². The van der Waals surface area contributed by atoms with Crippen molar-refractivity contribution in [3.63, 3.8) is 0 Å². The van der Waals surface area contributed by atoms with Crippen molar-refractivity contribution >= 4 is 0 Å². The van der Waals surface area contributed by atoms with Gasteiger partial charge < -0.3 is 0 Å². The molecule has 0 aliphatic rings. The predicted octanol–water partition coefficient (Wildman–Crippen LogP) is 8.06. The number of pyridine rings is 6. The van der Waals surface area contributed by atoms with Crippen LogP contribution in [0.5, 0.6) is 0 Å². The summed E-state index contributed by atoms with van der Waals surface area (Å²) in [6, 6.07) is 27.0. The van der Waals surface area contributed by atoms with Crippen molar-refractivity contribution < 1.29 is 0 Å². The van der Waals surface area contributed by atoms with Gasteiger partial charge in [-0.15, -0.1) is 0 Å². The molecule has 0 spiro atoms. The van der Waals surface area contributed by atoms with Crippen LogP contribution >= 0.6 is 0 Å². The van der Waals surface area contributed by atoms with Crippen molar-refractivity contribution in [2.75, 3.05) is 0 Å². The zero-order valence-corrected chi connectivity index (χ0v) is 22.5. The van der Waals surface area contributed by atoms with Gasteiger partial charge in [0, 0.05) is 107 Å². The maximum absolute atomic E-state index is 4.61. The lowest BCUT2D eigenvalue weighted by Crippen LogP contribution is -1.91. The Morgan fingerprint density at radius 1 is 0.286 bits per heavy atom. The highest BCUT2D eigenvalue weighted by Gasteiger charge is 2.12. The van der Waals surface area contributed by atoms with Crippen LogP contribution in [0.3, 0.4) is 0 Å². The minimum Gasteiger partial charge on any atom is -0.264 e. The van der Waals surface area contributed by atoms with Crippen LogP contribution in [0.4, 0.5) is 0 Å². The summed E-state index contributed by atoms with van der Waals surface area (Å²) in [4.78, 5) is 26.6. The largest absolute Gasteiger partial charge is 0.264 e. The van der Waals surface area contributed by atoms with Gasteiger partial charge in [-0.1, -0.05) is 12.1 Å². The second-order valence-electron chi connectivity index (χ2n) is 9.88. The smallest absolute Gasteiger partial charge is 0.0723 e. The van der Waals surface area contributed by atoms with Gasteiger partial charge >= 0.3 is 0 Å². The lowest BCUT2D eigenvalue weighted by molar-refractivity contribution is 1.28. The van der Waals surface area contributed by atoms with Crippen LogP contribution in [0.1, 0.15) is 0 Å². The third kappa shape index (κ3) is 5.29. The van der Waals surface area contributed by atoms with Crippen molar-refractivity contribution in [2.24, 2.45) is 0 Å². The molecule has 0 unspecified atom stereocenters. The molecule has 0 atom stereocenters. The molecule has 6 heterocycles. The second kappa shape index (κ2) is 11.3. The van der Waals surface area contributed by atoms with Crippen molar-refractivity contribution in [1.82, 2.24) is 29.9 Å². The van der Waals surface area contributed by atoms with E-state index >= 15 is 0 Å². The van der Waals surface area contributed by atoms with E-state index in [4.69, 9.17) is 0 Å². The van der Waals surface area contributed by atoms with E-state index in [-0.39, 0.29) is 0 Å². The normalized spacial score (nSPS) is 10.9. The van der Waals surface area contributed by atoms with E-state index in [0.717, 1.165) is 66.9 Å². The summed E-state index contributed by atoms with van der Waals surface area (Å²) in [6.07, 6.45) is 20.3. The molecule has 0 bridgehead atoms. The Bertz CT molecular complexity index is 1730. The summed E-state index contributed by atoms with van der Waals surface area (Å²) in [7, 11) is 0. The average molecular weight is 541 g/mol. The lowest BCUT2D eigenvalue weighted by Gasteiger charge is -2.13. The fourth-order valence-electron chi connectivity index (χ4n) is 4.99. The topological polar surface area (TPSA) is 77.3 Å². The summed E-state index contributed by atoms with van der Waals surface area (Å²) in [5, 5.41) is 0. The highest BCUT2D eigenvalue weighted by Crippen LogP contribution is 2.35. The van der Waals surface area contributed by atoms with E-state index in [1.54, 1.807) is 18.6 Å². The third-order valence-corrected chi connectivity index (χ3v) is 7.12. The van der Waals surface area contributed by atoms with Gasteiger partial charge in [0.25, 0.3) is 0 Å². The number of aromatic nitrogens is 6. The van der Waals surface area contributed by atoms with E-state index in [0.29, 0.717) is 0 Å². The minimum absolute atomic E-state index is 0.869. The molecule has 6 nitrogen and oxygen atoms in total. The van der Waals surface area contributed by atoms with E-state index < -0.39 is 0 Å². The Kier molecular flexibility index (Phi) is 6.76. The van der Waals surface area contributed by atoms with Gasteiger partial charge in [-0.2, -0.15) is 0 Å². The Labute approximate surface area is 243 Å². The number of hydrogen-bond acceptors (Lipinski definition) is 6. The summed E-state index contributed by atoms with van der Waals surface area (Å²) in [5.41, 5.74) is 12.1. The molecule has 198 valence electrons. The fourth-order valence-corrected chi connectivity index (χ4v) is 4.99. The second-order valence-corrected chi connectivity index (χ2v) is 9.88. The van der Waals surface area contributed by atoms with E-state index in [2.05, 4.69) is 66.3 Å². The Morgan fingerprint density at radius 2 is 0.690 bits per heavy atom. The number of rotatable bonds is 6. The Balaban J connectivity index is 1.38. The molecule has 1 aromatic carbocycles. The maximum atomic E-state index is 4.61. The minimum atomic E-state index is 0.869. The van der Waals surface area contributed by atoms with Gasteiger partial charge in [-0.05, 0) is 89.0 Å². The van der Waals surface area contributed by atoms with Crippen molar-refractivity contribution in [3.05, 3.63) is 147 Å². The first-order valence-corrected chi connectivity index (χ1v) is 13.5. The zero-order valence-electron chi connectivity index (χ0n) is 22.5. The van der Waals surface area contributed by atoms with Gasteiger partial charge in [0.05, 0.1) is 5.69 Å². The molecule has 7 rings (SSSR count). The van der Waals surface area contributed by atoms with Gasteiger partial charge in [0.15, 0.2) is 0 Å². The van der Waals surface area contributed by atoms with Crippen LogP contribution < -0.4 is 0 Å². The van der Waals surface area contributed by atoms with Crippen molar-refractivity contribution in [1.29, 1.82) is 0 Å². The van der Waals surface area contributed by atoms with Gasteiger partial charge in [-0.3, -0.25) is 29.9 Å². The monoisotopic (exact) mass is 540 g/mol. The number of hydrogen-bond donors (Lipinski definition) is 0. The first kappa shape index (κ1) is 25.1. The summed E-state index contributed by atoms with van der Waals surface area (Å²) in [5.74, 6) is 0. The molecule has 42 heavy (non-hydrogen) atoms. The molecular weight excluding hydrogens is 516 g/mol. The quantitative estimate of drug-likeness (QED) is 0.212. The fraction of sp³-hybridized carbons (Fsp3) is 0. The molecule has 0 amide bonds. The van der Waals surface area contributed by atoms with Crippen LogP contribution in [-0.2, 0) is 0 Å². The molecule has 0 radical (unpaired) electrons. The molecule has 0 fully saturated rings. The molecule has 0 saturated heterocycles. The van der Waals surface area contributed by atoms with E-state index in [9.17, 15) is 0 Å². The molecule has 6 heteroatoms. The van der Waals surface area contributed by atoms with Crippen molar-refractivity contribution in [2.45, 2.75) is 0 Å². The van der Waals surface area contributed by atoms with E-state index in [1.165, 1.54) is 0 Å². The molecule has 6 aromatic heterocycles. The van der Waals surface area contributed by atoms with Gasteiger partial charge in [0.1, 0.15) is 0 Å². The molecule has 0 saturated carbocycles. The number of nitrogens with zero attached hydrogens (tertiary/aromatic N) is 6. The Morgan fingerprint density at radius 3 is 1.17 bits per heavy atom. The maximum Gasteiger partial charge on any atom is 0.0723 e. The van der Waals surface area contributed by atoms with E-state index in [1.807, 2.05) is 92.0 Å². The number of benzene rings is 1. The van der Waals surface area contributed by atoms with Gasteiger partial charge in [-0.25, -0.2) is 0 Å². The van der Waals surface area contributed by atoms with Crippen LogP contribution in [0.2, 0.25) is 0 Å². The van der Waals surface area contributed by atoms with Gasteiger partial charge in [0.2, 0.25) is 0 Å².